The summed E-state index contributed by atoms with van der Waals surface area (Å²) in [6, 6.07) is 11.8. The zero-order valence-electron chi connectivity index (χ0n) is 12.4. The van der Waals surface area contributed by atoms with E-state index >= 15 is 0 Å². The van der Waals surface area contributed by atoms with E-state index in [1.54, 1.807) is 0 Å². The number of anilines is 1. The highest BCUT2D eigenvalue weighted by Crippen LogP contribution is 2.20. The number of nitrogens with one attached hydrogen (secondary N) is 1. The Morgan fingerprint density at radius 2 is 1.86 bits per heavy atom. The molecule has 1 N–H and O–H groups in total. The fraction of sp³-hybridized carbons (Fsp3) is 0.235. The van der Waals surface area contributed by atoms with Crippen LogP contribution in [0.25, 0.3) is 0 Å². The summed E-state index contributed by atoms with van der Waals surface area (Å²) < 4.78 is 6.72. The summed E-state index contributed by atoms with van der Waals surface area (Å²) in [4.78, 5) is 12.0. The van der Waals surface area contributed by atoms with E-state index in [2.05, 4.69) is 27.9 Å². The minimum atomic E-state index is -0.153. The standard InChI is InChI=1S/C17H18INO2/c1-11-4-7-16(13(3)8-11)21-10-17(20)19-15-6-5-14(18)9-12(15)2/h4-9H,10H2,1-3H3,(H,19,20). The molecule has 1 amide bonds. The van der Waals surface area contributed by atoms with E-state index in [9.17, 15) is 4.79 Å². The Balaban J connectivity index is 1.96. The van der Waals surface area contributed by atoms with Gasteiger partial charge in [-0.05, 0) is 78.8 Å². The SMILES string of the molecule is Cc1ccc(OCC(=O)Nc2ccc(I)cc2C)c(C)c1. The Morgan fingerprint density at radius 1 is 1.10 bits per heavy atom. The number of halogens is 1. The largest absolute Gasteiger partial charge is 0.483 e. The molecule has 2 aromatic rings. The van der Waals surface area contributed by atoms with Gasteiger partial charge in [0.05, 0.1) is 0 Å². The van der Waals surface area contributed by atoms with E-state index in [0.717, 1.165) is 26.1 Å². The maximum absolute atomic E-state index is 12.0. The van der Waals surface area contributed by atoms with E-state index < -0.39 is 0 Å². The summed E-state index contributed by atoms with van der Waals surface area (Å²) in [5.74, 6) is 0.592. The number of rotatable bonds is 4. The van der Waals surface area contributed by atoms with Gasteiger partial charge in [0.25, 0.3) is 5.91 Å². The first-order valence-electron chi connectivity index (χ1n) is 6.72. The van der Waals surface area contributed by atoms with Gasteiger partial charge >= 0.3 is 0 Å². The first-order valence-corrected chi connectivity index (χ1v) is 7.79. The molecule has 0 spiro atoms. The van der Waals surface area contributed by atoms with Gasteiger partial charge in [-0.3, -0.25) is 4.79 Å². The van der Waals surface area contributed by atoms with Crippen molar-refractivity contribution in [3.8, 4) is 5.75 Å². The highest BCUT2D eigenvalue weighted by Gasteiger charge is 2.07. The highest BCUT2D eigenvalue weighted by molar-refractivity contribution is 14.1. The Labute approximate surface area is 138 Å². The minimum absolute atomic E-state index is 0.00925. The average molecular weight is 395 g/mol. The van der Waals surface area contributed by atoms with Crippen molar-refractivity contribution < 1.29 is 9.53 Å². The zero-order valence-corrected chi connectivity index (χ0v) is 14.5. The molecule has 0 aromatic heterocycles. The number of hydrogen-bond donors (Lipinski definition) is 1. The molecular formula is C17H18INO2. The summed E-state index contributed by atoms with van der Waals surface area (Å²) in [5, 5.41) is 2.87. The molecule has 0 radical (unpaired) electrons. The van der Waals surface area contributed by atoms with E-state index in [1.807, 2.05) is 57.2 Å². The predicted octanol–water partition coefficient (Wildman–Crippen LogP) is 4.23. The van der Waals surface area contributed by atoms with Gasteiger partial charge in [0.2, 0.25) is 0 Å². The number of aryl methyl sites for hydroxylation is 3. The topological polar surface area (TPSA) is 38.3 Å². The molecule has 3 nitrogen and oxygen atoms in total. The van der Waals surface area contributed by atoms with Crippen LogP contribution in [0.3, 0.4) is 0 Å². The number of carbonyl (C=O) groups is 1. The van der Waals surface area contributed by atoms with Gasteiger partial charge in [-0.2, -0.15) is 0 Å². The van der Waals surface area contributed by atoms with Crippen molar-refractivity contribution in [2.75, 3.05) is 11.9 Å². The Hall–Kier alpha value is -1.56. The third-order valence-corrected chi connectivity index (χ3v) is 3.82. The van der Waals surface area contributed by atoms with Crippen molar-refractivity contribution in [2.24, 2.45) is 0 Å². The third-order valence-electron chi connectivity index (χ3n) is 3.15. The van der Waals surface area contributed by atoms with Gasteiger partial charge in [0, 0.05) is 9.26 Å². The average Bonchev–Trinajstić information content (AvgIpc) is 2.41. The predicted molar refractivity (Wildman–Crippen MR) is 93.9 cm³/mol. The van der Waals surface area contributed by atoms with Crippen LogP contribution in [0.15, 0.2) is 36.4 Å². The van der Waals surface area contributed by atoms with Crippen molar-refractivity contribution in [1.29, 1.82) is 0 Å². The molecule has 0 unspecified atom stereocenters. The number of hydrogen-bond acceptors (Lipinski definition) is 2. The number of carbonyl (C=O) groups excluding carboxylic acids is 1. The smallest absolute Gasteiger partial charge is 0.262 e. The molecule has 0 atom stereocenters. The maximum Gasteiger partial charge on any atom is 0.262 e. The van der Waals surface area contributed by atoms with E-state index in [0.29, 0.717) is 0 Å². The Morgan fingerprint density at radius 3 is 2.52 bits per heavy atom. The molecular weight excluding hydrogens is 377 g/mol. The molecule has 110 valence electrons. The van der Waals surface area contributed by atoms with Crippen LogP contribution in [-0.4, -0.2) is 12.5 Å². The van der Waals surface area contributed by atoms with Crippen molar-refractivity contribution in [2.45, 2.75) is 20.8 Å². The van der Waals surface area contributed by atoms with Gasteiger partial charge in [-0.1, -0.05) is 17.7 Å². The lowest BCUT2D eigenvalue weighted by molar-refractivity contribution is -0.118. The quantitative estimate of drug-likeness (QED) is 0.787. The molecule has 21 heavy (non-hydrogen) atoms. The summed E-state index contributed by atoms with van der Waals surface area (Å²) >= 11 is 2.25. The van der Waals surface area contributed by atoms with E-state index in [1.165, 1.54) is 5.56 Å². The van der Waals surface area contributed by atoms with Crippen LogP contribution >= 0.6 is 22.6 Å². The van der Waals surface area contributed by atoms with E-state index in [-0.39, 0.29) is 12.5 Å². The van der Waals surface area contributed by atoms with Gasteiger partial charge in [0.15, 0.2) is 6.61 Å². The van der Waals surface area contributed by atoms with Crippen molar-refractivity contribution in [3.63, 3.8) is 0 Å². The van der Waals surface area contributed by atoms with Crippen LogP contribution in [-0.2, 0) is 4.79 Å². The Bertz CT molecular complexity index is 668. The van der Waals surface area contributed by atoms with E-state index in [4.69, 9.17) is 4.74 Å². The molecule has 2 rings (SSSR count). The lowest BCUT2D eigenvalue weighted by atomic mass is 10.1. The first-order chi connectivity index (χ1) is 9.95. The zero-order chi connectivity index (χ0) is 15.4. The van der Waals surface area contributed by atoms with Crippen LogP contribution in [0.2, 0.25) is 0 Å². The molecule has 4 heteroatoms. The molecule has 0 aliphatic heterocycles. The number of ether oxygens (including phenoxy) is 1. The van der Waals surface area contributed by atoms with Crippen LogP contribution in [0.5, 0.6) is 5.75 Å². The van der Waals surface area contributed by atoms with Crippen LogP contribution in [0.4, 0.5) is 5.69 Å². The van der Waals surface area contributed by atoms with Crippen molar-refractivity contribution in [3.05, 3.63) is 56.7 Å². The lowest BCUT2D eigenvalue weighted by Crippen LogP contribution is -2.20. The molecule has 0 heterocycles. The van der Waals surface area contributed by atoms with Crippen molar-refractivity contribution in [1.82, 2.24) is 0 Å². The summed E-state index contributed by atoms with van der Waals surface area (Å²) in [5.41, 5.74) is 4.08. The molecule has 0 aliphatic rings. The second-order valence-corrected chi connectivity index (χ2v) is 6.31. The lowest BCUT2D eigenvalue weighted by Gasteiger charge is -2.11. The highest BCUT2D eigenvalue weighted by atomic mass is 127. The normalized spacial score (nSPS) is 10.3. The monoisotopic (exact) mass is 395 g/mol. The molecule has 0 bridgehead atoms. The number of amides is 1. The van der Waals surface area contributed by atoms with Gasteiger partial charge in [0.1, 0.15) is 5.75 Å². The van der Waals surface area contributed by atoms with Gasteiger partial charge in [-0.25, -0.2) is 0 Å². The number of benzene rings is 2. The second kappa shape index (κ2) is 6.93. The summed E-state index contributed by atoms with van der Waals surface area (Å²) in [7, 11) is 0. The molecule has 0 aliphatic carbocycles. The van der Waals surface area contributed by atoms with Crippen LogP contribution < -0.4 is 10.1 Å². The van der Waals surface area contributed by atoms with Crippen molar-refractivity contribution >= 4 is 34.2 Å². The summed E-state index contributed by atoms with van der Waals surface area (Å²) in [6.45, 7) is 5.99. The van der Waals surface area contributed by atoms with Crippen LogP contribution in [0.1, 0.15) is 16.7 Å². The van der Waals surface area contributed by atoms with Gasteiger partial charge < -0.3 is 10.1 Å². The third kappa shape index (κ3) is 4.46. The molecule has 0 saturated heterocycles. The van der Waals surface area contributed by atoms with Crippen LogP contribution in [0, 0.1) is 24.3 Å². The fourth-order valence-corrected chi connectivity index (χ4v) is 2.71. The molecule has 2 aromatic carbocycles. The first kappa shape index (κ1) is 15.8. The summed E-state index contributed by atoms with van der Waals surface area (Å²) in [6.07, 6.45) is 0. The molecule has 0 saturated carbocycles. The second-order valence-electron chi connectivity index (χ2n) is 5.07. The Kier molecular flexibility index (Phi) is 5.22. The molecule has 0 fully saturated rings. The van der Waals surface area contributed by atoms with Gasteiger partial charge in [-0.15, -0.1) is 0 Å². The maximum atomic E-state index is 12.0. The minimum Gasteiger partial charge on any atom is -0.483 e. The fourth-order valence-electron chi connectivity index (χ4n) is 2.06.